The quantitative estimate of drug-likeness (QED) is 0.805. The number of hydrogen-bond acceptors (Lipinski definition) is 3. The monoisotopic (exact) mass is 316 g/mol. The van der Waals surface area contributed by atoms with E-state index in [1.807, 2.05) is 54.0 Å². The van der Waals surface area contributed by atoms with Gasteiger partial charge in [0.25, 0.3) is 0 Å². The highest BCUT2D eigenvalue weighted by Crippen LogP contribution is 2.13. The number of pyridine rings is 2. The van der Waals surface area contributed by atoms with Gasteiger partial charge in [0.2, 0.25) is 0 Å². The van der Waals surface area contributed by atoms with Gasteiger partial charge in [-0.3, -0.25) is 0 Å². The number of hydrogen-bond donors (Lipinski definition) is 1. The summed E-state index contributed by atoms with van der Waals surface area (Å²) >= 11 is 3.45. The molecule has 3 rings (SSSR count). The lowest BCUT2D eigenvalue weighted by Gasteiger charge is -2.03. The second kappa shape index (κ2) is 5.01. The average Bonchev–Trinajstić information content (AvgIpc) is 2.78. The number of nitrogens with one attached hydrogen (secondary N) is 1. The molecule has 0 amide bonds. The van der Waals surface area contributed by atoms with Crippen molar-refractivity contribution in [3.63, 3.8) is 0 Å². The Kier molecular flexibility index (Phi) is 3.21. The third kappa shape index (κ3) is 2.76. The molecule has 3 aromatic rings. The van der Waals surface area contributed by atoms with Crippen LogP contribution in [0.1, 0.15) is 11.4 Å². The molecule has 1 N–H and O–H groups in total. The van der Waals surface area contributed by atoms with Crippen LogP contribution in [0.25, 0.3) is 5.65 Å². The minimum atomic E-state index is 0.662. The molecule has 5 heteroatoms. The Morgan fingerprint density at radius 2 is 2.05 bits per heavy atom. The number of anilines is 1. The Morgan fingerprint density at radius 3 is 2.89 bits per heavy atom. The highest BCUT2D eigenvalue weighted by molar-refractivity contribution is 9.10. The van der Waals surface area contributed by atoms with Crippen molar-refractivity contribution < 1.29 is 0 Å². The fourth-order valence-electron chi connectivity index (χ4n) is 1.92. The SMILES string of the molecule is Cc1cccc(NCc2cn3cc(Br)ccc3n2)n1. The second-order valence-electron chi connectivity index (χ2n) is 4.36. The van der Waals surface area contributed by atoms with E-state index in [2.05, 4.69) is 31.2 Å². The van der Waals surface area contributed by atoms with Crippen LogP contribution < -0.4 is 5.32 Å². The summed E-state index contributed by atoms with van der Waals surface area (Å²) < 4.78 is 3.04. The smallest absolute Gasteiger partial charge is 0.137 e. The Hall–Kier alpha value is -1.88. The summed E-state index contributed by atoms with van der Waals surface area (Å²) in [6.45, 7) is 2.64. The lowest BCUT2D eigenvalue weighted by atomic mass is 10.3. The molecule has 0 radical (unpaired) electrons. The van der Waals surface area contributed by atoms with Gasteiger partial charge < -0.3 is 9.72 Å². The summed E-state index contributed by atoms with van der Waals surface area (Å²) in [6.07, 6.45) is 4.01. The van der Waals surface area contributed by atoms with E-state index in [1.165, 1.54) is 0 Å². The molecule has 0 aliphatic heterocycles. The maximum absolute atomic E-state index is 4.54. The number of halogens is 1. The first-order chi connectivity index (χ1) is 9.20. The standard InChI is InChI=1S/C14H13BrN4/c1-10-3-2-4-13(17-10)16-7-12-9-19-8-11(15)5-6-14(19)18-12/h2-6,8-9H,7H2,1H3,(H,16,17). The van der Waals surface area contributed by atoms with Crippen LogP contribution in [-0.2, 0) is 6.54 Å². The van der Waals surface area contributed by atoms with Gasteiger partial charge in [0, 0.05) is 22.6 Å². The predicted octanol–water partition coefficient (Wildman–Crippen LogP) is 3.41. The maximum atomic E-state index is 4.54. The van der Waals surface area contributed by atoms with Crippen LogP contribution in [0.5, 0.6) is 0 Å². The van der Waals surface area contributed by atoms with Gasteiger partial charge in [0.05, 0.1) is 12.2 Å². The summed E-state index contributed by atoms with van der Waals surface area (Å²) in [5.41, 5.74) is 2.93. The molecule has 0 bridgehead atoms. The molecular weight excluding hydrogens is 304 g/mol. The van der Waals surface area contributed by atoms with Crippen molar-refractivity contribution in [3.05, 3.63) is 58.6 Å². The maximum Gasteiger partial charge on any atom is 0.137 e. The van der Waals surface area contributed by atoms with Crippen LogP contribution in [0, 0.1) is 6.92 Å². The molecule has 4 nitrogen and oxygen atoms in total. The fourth-order valence-corrected chi connectivity index (χ4v) is 2.28. The zero-order valence-corrected chi connectivity index (χ0v) is 12.1. The largest absolute Gasteiger partial charge is 0.364 e. The first-order valence-electron chi connectivity index (χ1n) is 6.01. The lowest BCUT2D eigenvalue weighted by molar-refractivity contribution is 1.05. The Morgan fingerprint density at radius 1 is 1.16 bits per heavy atom. The van der Waals surface area contributed by atoms with Gasteiger partial charge in [0.15, 0.2) is 0 Å². The highest BCUT2D eigenvalue weighted by Gasteiger charge is 2.02. The van der Waals surface area contributed by atoms with Crippen molar-refractivity contribution in [1.29, 1.82) is 0 Å². The number of nitrogens with zero attached hydrogens (tertiary/aromatic N) is 3. The minimum absolute atomic E-state index is 0.662. The van der Waals surface area contributed by atoms with Crippen molar-refractivity contribution in [2.75, 3.05) is 5.32 Å². The normalized spacial score (nSPS) is 10.8. The molecule has 0 saturated heterocycles. The van der Waals surface area contributed by atoms with Crippen LogP contribution in [-0.4, -0.2) is 14.4 Å². The van der Waals surface area contributed by atoms with E-state index in [4.69, 9.17) is 0 Å². The zero-order chi connectivity index (χ0) is 13.2. The minimum Gasteiger partial charge on any atom is -0.364 e. The van der Waals surface area contributed by atoms with E-state index >= 15 is 0 Å². The molecule has 0 saturated carbocycles. The fraction of sp³-hybridized carbons (Fsp3) is 0.143. The molecule has 0 fully saturated rings. The number of aryl methyl sites for hydroxylation is 1. The van der Waals surface area contributed by atoms with Crippen molar-refractivity contribution in [3.8, 4) is 0 Å². The summed E-state index contributed by atoms with van der Waals surface area (Å²) in [5, 5.41) is 3.28. The van der Waals surface area contributed by atoms with Gasteiger partial charge in [-0.15, -0.1) is 0 Å². The molecule has 0 aliphatic carbocycles. The molecule has 19 heavy (non-hydrogen) atoms. The first kappa shape index (κ1) is 12.2. The summed E-state index contributed by atoms with van der Waals surface area (Å²) in [7, 11) is 0. The molecule has 0 aliphatic rings. The third-order valence-corrected chi connectivity index (χ3v) is 3.27. The molecule has 96 valence electrons. The van der Waals surface area contributed by atoms with Crippen LogP contribution in [0.15, 0.2) is 47.2 Å². The van der Waals surface area contributed by atoms with Gasteiger partial charge >= 0.3 is 0 Å². The second-order valence-corrected chi connectivity index (χ2v) is 5.28. The molecule has 3 aromatic heterocycles. The summed E-state index contributed by atoms with van der Waals surface area (Å²) in [4.78, 5) is 8.95. The van der Waals surface area contributed by atoms with E-state index in [1.54, 1.807) is 0 Å². The van der Waals surface area contributed by atoms with Crippen molar-refractivity contribution in [1.82, 2.24) is 14.4 Å². The Balaban J connectivity index is 1.78. The van der Waals surface area contributed by atoms with Crippen LogP contribution in [0.2, 0.25) is 0 Å². The predicted molar refractivity (Wildman–Crippen MR) is 79.2 cm³/mol. The van der Waals surface area contributed by atoms with E-state index in [0.29, 0.717) is 6.54 Å². The molecule has 0 atom stereocenters. The Labute approximate surface area is 119 Å². The third-order valence-electron chi connectivity index (χ3n) is 2.80. The van der Waals surface area contributed by atoms with E-state index in [0.717, 1.165) is 27.3 Å². The molecular formula is C14H13BrN4. The van der Waals surface area contributed by atoms with Gasteiger partial charge in [0.1, 0.15) is 11.5 Å². The van der Waals surface area contributed by atoms with Crippen LogP contribution in [0.3, 0.4) is 0 Å². The number of fused-ring (bicyclic) bond motifs is 1. The zero-order valence-electron chi connectivity index (χ0n) is 10.5. The van der Waals surface area contributed by atoms with Crippen molar-refractivity contribution in [2.45, 2.75) is 13.5 Å². The van der Waals surface area contributed by atoms with Gasteiger partial charge in [-0.1, -0.05) is 6.07 Å². The molecule has 0 unspecified atom stereocenters. The number of rotatable bonds is 3. The molecule has 0 spiro atoms. The van der Waals surface area contributed by atoms with Gasteiger partial charge in [-0.25, -0.2) is 9.97 Å². The highest BCUT2D eigenvalue weighted by atomic mass is 79.9. The van der Waals surface area contributed by atoms with Gasteiger partial charge in [-0.2, -0.15) is 0 Å². The topological polar surface area (TPSA) is 42.2 Å². The van der Waals surface area contributed by atoms with E-state index in [-0.39, 0.29) is 0 Å². The lowest BCUT2D eigenvalue weighted by Crippen LogP contribution is -2.01. The molecule has 3 heterocycles. The Bertz CT molecular complexity index is 720. The van der Waals surface area contributed by atoms with E-state index in [9.17, 15) is 0 Å². The number of imidazole rings is 1. The van der Waals surface area contributed by atoms with Gasteiger partial charge in [-0.05, 0) is 47.1 Å². The van der Waals surface area contributed by atoms with Crippen LogP contribution in [0.4, 0.5) is 5.82 Å². The summed E-state index contributed by atoms with van der Waals surface area (Å²) in [6, 6.07) is 9.90. The van der Waals surface area contributed by atoms with E-state index < -0.39 is 0 Å². The average molecular weight is 317 g/mol. The first-order valence-corrected chi connectivity index (χ1v) is 6.81. The van der Waals surface area contributed by atoms with Crippen LogP contribution >= 0.6 is 15.9 Å². The molecule has 0 aromatic carbocycles. The number of aromatic nitrogens is 3. The van der Waals surface area contributed by atoms with Crippen molar-refractivity contribution >= 4 is 27.4 Å². The summed E-state index contributed by atoms with van der Waals surface area (Å²) in [5.74, 6) is 0.873. The van der Waals surface area contributed by atoms with Crippen molar-refractivity contribution in [2.24, 2.45) is 0 Å².